The van der Waals surface area contributed by atoms with E-state index in [0.29, 0.717) is 30.1 Å². The highest BCUT2D eigenvalue weighted by Crippen LogP contribution is 2.42. The molecule has 6 rings (SSSR count). The van der Waals surface area contributed by atoms with Crippen LogP contribution in [-0.2, 0) is 46.0 Å². The summed E-state index contributed by atoms with van der Waals surface area (Å²) in [6, 6.07) is 21.1. The average Bonchev–Trinajstić information content (AvgIpc) is 3.35. The third kappa shape index (κ3) is 4.74. The summed E-state index contributed by atoms with van der Waals surface area (Å²) in [6.45, 7) is 12.3. The van der Waals surface area contributed by atoms with E-state index in [-0.39, 0.29) is 18.3 Å². The summed E-state index contributed by atoms with van der Waals surface area (Å²) in [7, 11) is 0. The molecule has 1 atom stereocenters. The highest BCUT2D eigenvalue weighted by molar-refractivity contribution is 5.89. The zero-order chi connectivity index (χ0) is 29.6. The number of cyclic esters (lactones) is 1. The quantitative estimate of drug-likeness (QED) is 0.205. The second kappa shape index (κ2) is 11.1. The molecule has 4 aromatic rings. The van der Waals surface area contributed by atoms with Gasteiger partial charge >= 0.3 is 5.97 Å². The number of benzene rings is 2. The van der Waals surface area contributed by atoms with E-state index >= 15 is 0 Å². The number of rotatable bonds is 9. The Morgan fingerprint density at radius 2 is 1.76 bits per heavy atom. The predicted octanol–water partition coefficient (Wildman–Crippen LogP) is 5.97. The van der Waals surface area contributed by atoms with Crippen molar-refractivity contribution in [1.29, 1.82) is 0 Å². The van der Waals surface area contributed by atoms with Gasteiger partial charge in [-0.15, -0.1) is 0 Å². The number of nitrogens with zero attached hydrogens (tertiary/aromatic N) is 3. The molecular weight excluding hydrogens is 526 g/mol. The zero-order valence-corrected chi connectivity index (χ0v) is 25.1. The minimum Gasteiger partial charge on any atom is -0.458 e. The van der Waals surface area contributed by atoms with Crippen LogP contribution in [0.1, 0.15) is 68.9 Å². The van der Waals surface area contributed by atoms with Crippen LogP contribution in [0, 0.1) is 0 Å². The molecule has 0 saturated heterocycles. The lowest BCUT2D eigenvalue weighted by Gasteiger charge is -2.37. The third-order valence-electron chi connectivity index (χ3n) is 8.73. The van der Waals surface area contributed by atoms with Gasteiger partial charge in [-0.1, -0.05) is 55.5 Å². The lowest BCUT2D eigenvalue weighted by atomic mass is 9.85. The van der Waals surface area contributed by atoms with Crippen molar-refractivity contribution in [3.05, 3.63) is 98.8 Å². The van der Waals surface area contributed by atoms with Crippen molar-refractivity contribution in [3.63, 3.8) is 0 Å². The number of para-hydroxylation sites is 1. The van der Waals surface area contributed by atoms with Gasteiger partial charge < -0.3 is 14.0 Å². The van der Waals surface area contributed by atoms with Gasteiger partial charge in [0.05, 0.1) is 35.1 Å². The average molecular weight is 566 g/mol. The molecule has 2 aliphatic rings. The van der Waals surface area contributed by atoms with Crippen LogP contribution in [0.5, 0.6) is 0 Å². The van der Waals surface area contributed by atoms with Crippen LogP contribution in [0.15, 0.2) is 65.5 Å². The Kier molecular flexibility index (Phi) is 7.50. The molecule has 2 aliphatic heterocycles. The SMILES string of the molecule is CC[C@@]1(OC(C)C)C(=O)OCc2c1cc1n(c2=O)Cc2c-1nc1ccccc1c2CCN(Cc1ccccc1)C(C)C. The number of ether oxygens (including phenoxy) is 2. The highest BCUT2D eigenvalue weighted by Gasteiger charge is 2.48. The van der Waals surface area contributed by atoms with Crippen molar-refractivity contribution in [2.45, 2.75) is 84.9 Å². The first-order valence-corrected chi connectivity index (χ1v) is 15.0. The smallest absolute Gasteiger partial charge is 0.343 e. The summed E-state index contributed by atoms with van der Waals surface area (Å²) in [4.78, 5) is 34.8. The first-order chi connectivity index (χ1) is 20.2. The van der Waals surface area contributed by atoms with Gasteiger partial charge in [0.25, 0.3) is 5.56 Å². The van der Waals surface area contributed by atoms with Crippen LogP contribution in [-0.4, -0.2) is 39.1 Å². The van der Waals surface area contributed by atoms with Gasteiger partial charge in [-0.2, -0.15) is 0 Å². The number of aromatic nitrogens is 2. The molecule has 0 amide bonds. The molecule has 42 heavy (non-hydrogen) atoms. The molecular formula is C35H39N3O4. The molecule has 0 radical (unpaired) electrons. The van der Waals surface area contributed by atoms with Crippen LogP contribution >= 0.6 is 0 Å². The van der Waals surface area contributed by atoms with Crippen molar-refractivity contribution in [3.8, 4) is 11.4 Å². The summed E-state index contributed by atoms with van der Waals surface area (Å²) < 4.78 is 13.6. The van der Waals surface area contributed by atoms with Crippen molar-refractivity contribution in [2.24, 2.45) is 0 Å². The molecule has 2 aromatic heterocycles. The van der Waals surface area contributed by atoms with Crippen LogP contribution in [0.3, 0.4) is 0 Å². The molecule has 2 aromatic carbocycles. The minimum absolute atomic E-state index is 0.0437. The lowest BCUT2D eigenvalue weighted by Crippen LogP contribution is -2.47. The van der Waals surface area contributed by atoms with Gasteiger partial charge in [-0.25, -0.2) is 9.78 Å². The number of hydrogen-bond donors (Lipinski definition) is 0. The maximum atomic E-state index is 14.0. The number of pyridine rings is 2. The second-order valence-electron chi connectivity index (χ2n) is 12.0. The Morgan fingerprint density at radius 1 is 1.02 bits per heavy atom. The van der Waals surface area contributed by atoms with Gasteiger partial charge in [-0.05, 0) is 63.8 Å². The van der Waals surface area contributed by atoms with E-state index in [9.17, 15) is 9.59 Å². The number of hydrogen-bond acceptors (Lipinski definition) is 6. The van der Waals surface area contributed by atoms with Crippen LogP contribution in [0.2, 0.25) is 0 Å². The standard InChI is InChI=1S/C35H39N3O4/c1-6-35(42-23(4)5)29-18-31-32-27(20-38(31)33(39)28(29)21-41-34(35)40)25(26-14-10-11-15-30(26)36-32)16-17-37(22(2)3)19-24-12-8-7-9-13-24/h7-15,18,22-23H,6,16-17,19-21H2,1-5H3/t35-/m0/s1. The Balaban J connectivity index is 1.46. The van der Waals surface area contributed by atoms with Crippen molar-refractivity contribution in [2.75, 3.05) is 6.54 Å². The Morgan fingerprint density at radius 3 is 2.48 bits per heavy atom. The van der Waals surface area contributed by atoms with E-state index in [1.165, 1.54) is 11.1 Å². The molecule has 0 bridgehead atoms. The van der Waals surface area contributed by atoms with Crippen LogP contribution in [0.25, 0.3) is 22.3 Å². The fraction of sp³-hybridized carbons (Fsp3) is 0.400. The molecule has 218 valence electrons. The molecule has 7 heteroatoms. The third-order valence-corrected chi connectivity index (χ3v) is 8.73. The molecule has 0 unspecified atom stereocenters. The van der Waals surface area contributed by atoms with Crippen molar-refractivity contribution < 1.29 is 14.3 Å². The largest absolute Gasteiger partial charge is 0.458 e. The first-order valence-electron chi connectivity index (χ1n) is 15.0. The summed E-state index contributed by atoms with van der Waals surface area (Å²) >= 11 is 0. The molecule has 0 N–H and O–H groups in total. The normalized spacial score (nSPS) is 17.6. The molecule has 4 heterocycles. The molecule has 7 nitrogen and oxygen atoms in total. The predicted molar refractivity (Wildman–Crippen MR) is 164 cm³/mol. The minimum atomic E-state index is -1.31. The molecule has 0 spiro atoms. The van der Waals surface area contributed by atoms with E-state index < -0.39 is 11.6 Å². The number of carbonyl (C=O) groups excluding carboxylic acids is 1. The summed E-state index contributed by atoms with van der Waals surface area (Å²) in [5.74, 6) is -0.437. The van der Waals surface area contributed by atoms with Gasteiger partial charge in [0.15, 0.2) is 5.60 Å². The number of esters is 1. The van der Waals surface area contributed by atoms with Gasteiger partial charge in [0.2, 0.25) is 0 Å². The zero-order valence-electron chi connectivity index (χ0n) is 25.1. The Hall–Kier alpha value is -3.81. The maximum Gasteiger partial charge on any atom is 0.343 e. The maximum absolute atomic E-state index is 14.0. The first kappa shape index (κ1) is 28.3. The lowest BCUT2D eigenvalue weighted by molar-refractivity contribution is -0.187. The summed E-state index contributed by atoms with van der Waals surface area (Å²) in [5.41, 5.74) is 5.72. The van der Waals surface area contributed by atoms with Gasteiger partial charge in [0, 0.05) is 35.6 Å². The number of carbonyl (C=O) groups is 1. The fourth-order valence-electron chi connectivity index (χ4n) is 6.58. The monoisotopic (exact) mass is 565 g/mol. The Bertz CT molecular complexity index is 1710. The molecule has 0 saturated carbocycles. The second-order valence-corrected chi connectivity index (χ2v) is 12.0. The van der Waals surface area contributed by atoms with E-state index in [1.807, 2.05) is 39.0 Å². The molecule has 0 fully saturated rings. The topological polar surface area (TPSA) is 73.7 Å². The van der Waals surface area contributed by atoms with E-state index in [1.54, 1.807) is 4.57 Å². The van der Waals surface area contributed by atoms with E-state index in [0.717, 1.165) is 47.4 Å². The van der Waals surface area contributed by atoms with Crippen molar-refractivity contribution >= 4 is 16.9 Å². The van der Waals surface area contributed by atoms with E-state index in [4.69, 9.17) is 14.5 Å². The number of fused-ring (bicyclic) bond motifs is 5. The molecule has 0 aliphatic carbocycles. The van der Waals surface area contributed by atoms with Crippen molar-refractivity contribution in [1.82, 2.24) is 14.5 Å². The highest BCUT2D eigenvalue weighted by atomic mass is 16.6. The van der Waals surface area contributed by atoms with Crippen LogP contribution in [0.4, 0.5) is 0 Å². The van der Waals surface area contributed by atoms with Gasteiger partial charge in [-0.3, -0.25) is 9.69 Å². The van der Waals surface area contributed by atoms with Crippen LogP contribution < -0.4 is 5.56 Å². The van der Waals surface area contributed by atoms with E-state index in [2.05, 4.69) is 61.2 Å². The fourth-order valence-corrected chi connectivity index (χ4v) is 6.58. The summed E-state index contributed by atoms with van der Waals surface area (Å²) in [6.07, 6.45) is 0.978. The Labute approximate surface area is 247 Å². The van der Waals surface area contributed by atoms with Gasteiger partial charge in [0.1, 0.15) is 6.61 Å². The summed E-state index contributed by atoms with van der Waals surface area (Å²) in [5, 5.41) is 1.12.